The van der Waals surface area contributed by atoms with Crippen LogP contribution in [0.15, 0.2) is 30.3 Å². The number of nitrogen functional groups attached to an aromatic ring is 1. The van der Waals surface area contributed by atoms with Gasteiger partial charge in [0.05, 0.1) is 11.4 Å². The summed E-state index contributed by atoms with van der Waals surface area (Å²) in [5.41, 5.74) is 8.29. The third-order valence-electron chi connectivity index (χ3n) is 3.34. The van der Waals surface area contributed by atoms with Gasteiger partial charge in [0.2, 0.25) is 0 Å². The zero-order valence-corrected chi connectivity index (χ0v) is 12.1. The van der Waals surface area contributed by atoms with E-state index in [0.29, 0.717) is 5.69 Å². The molecule has 0 spiro atoms. The van der Waals surface area contributed by atoms with Crippen molar-refractivity contribution >= 4 is 23.0 Å². The van der Waals surface area contributed by atoms with E-state index in [1.807, 2.05) is 32.0 Å². The lowest BCUT2D eigenvalue weighted by atomic mass is 10.1. The van der Waals surface area contributed by atoms with E-state index in [2.05, 4.69) is 0 Å². The Morgan fingerprint density at radius 2 is 1.76 bits per heavy atom. The number of halogens is 1. The normalized spacial score (nSPS) is 10.5. The zero-order valence-electron chi connectivity index (χ0n) is 12.1. The lowest BCUT2D eigenvalue weighted by Crippen LogP contribution is -2.16. The number of hydrogen-bond donors (Lipinski definition) is 2. The van der Waals surface area contributed by atoms with E-state index in [1.54, 1.807) is 11.9 Å². The van der Waals surface area contributed by atoms with Crippen molar-refractivity contribution in [1.82, 2.24) is 0 Å². The summed E-state index contributed by atoms with van der Waals surface area (Å²) < 4.78 is 13.5. The highest BCUT2D eigenvalue weighted by Gasteiger charge is 2.20. The third kappa shape index (κ3) is 2.81. The van der Waals surface area contributed by atoms with Crippen LogP contribution in [0.5, 0.6) is 0 Å². The quantitative estimate of drug-likeness (QED) is 0.848. The van der Waals surface area contributed by atoms with Gasteiger partial charge < -0.3 is 15.7 Å². The molecule has 0 aromatic heterocycles. The summed E-state index contributed by atoms with van der Waals surface area (Å²) in [5.74, 6) is -1.98. The van der Waals surface area contributed by atoms with E-state index in [0.717, 1.165) is 16.8 Å². The summed E-state index contributed by atoms with van der Waals surface area (Å²) in [4.78, 5) is 13.1. The number of aryl methyl sites for hydroxylation is 2. The van der Waals surface area contributed by atoms with Crippen LogP contribution < -0.4 is 10.6 Å². The summed E-state index contributed by atoms with van der Waals surface area (Å²) >= 11 is 0. The highest BCUT2D eigenvalue weighted by molar-refractivity contribution is 6.01. The molecule has 0 saturated heterocycles. The maximum atomic E-state index is 13.5. The van der Waals surface area contributed by atoms with Crippen LogP contribution in [-0.4, -0.2) is 18.1 Å². The van der Waals surface area contributed by atoms with Crippen molar-refractivity contribution in [2.75, 3.05) is 17.7 Å². The molecular weight excluding hydrogens is 271 g/mol. The second-order valence-electron chi connectivity index (χ2n) is 5.07. The number of nitrogens with two attached hydrogens (primary N) is 1. The van der Waals surface area contributed by atoms with Gasteiger partial charge in [0, 0.05) is 12.7 Å². The Morgan fingerprint density at radius 3 is 2.29 bits per heavy atom. The van der Waals surface area contributed by atoms with E-state index in [9.17, 15) is 14.3 Å². The predicted octanol–water partition coefficient (Wildman–Crippen LogP) is 3.49. The Labute approximate surface area is 122 Å². The molecule has 110 valence electrons. The topological polar surface area (TPSA) is 66.6 Å². The van der Waals surface area contributed by atoms with Gasteiger partial charge in [-0.25, -0.2) is 9.18 Å². The van der Waals surface area contributed by atoms with Crippen molar-refractivity contribution in [2.24, 2.45) is 0 Å². The van der Waals surface area contributed by atoms with Crippen LogP contribution in [0.4, 0.5) is 21.5 Å². The Hall–Kier alpha value is -2.56. The van der Waals surface area contributed by atoms with Crippen LogP contribution in [-0.2, 0) is 0 Å². The minimum Gasteiger partial charge on any atom is -0.478 e. The van der Waals surface area contributed by atoms with E-state index in [1.165, 1.54) is 12.1 Å². The molecule has 0 bridgehead atoms. The minimum absolute atomic E-state index is 0.225. The molecule has 21 heavy (non-hydrogen) atoms. The molecule has 4 nitrogen and oxygen atoms in total. The van der Waals surface area contributed by atoms with Crippen molar-refractivity contribution in [2.45, 2.75) is 13.8 Å². The molecule has 3 N–H and O–H groups in total. The average Bonchev–Trinajstić information content (AvgIpc) is 2.39. The van der Waals surface area contributed by atoms with Crippen molar-refractivity contribution < 1.29 is 14.3 Å². The molecule has 2 aromatic rings. The fourth-order valence-corrected chi connectivity index (χ4v) is 2.37. The highest BCUT2D eigenvalue weighted by atomic mass is 19.1. The lowest BCUT2D eigenvalue weighted by Gasteiger charge is -2.23. The molecule has 0 aliphatic carbocycles. The van der Waals surface area contributed by atoms with Gasteiger partial charge in [-0.15, -0.1) is 0 Å². The first-order valence-electron chi connectivity index (χ1n) is 6.44. The fraction of sp³-hybridized carbons (Fsp3) is 0.188. The molecule has 0 radical (unpaired) electrons. The summed E-state index contributed by atoms with van der Waals surface area (Å²) in [5, 5.41) is 9.30. The molecule has 0 atom stereocenters. The van der Waals surface area contributed by atoms with Crippen molar-refractivity contribution in [3.05, 3.63) is 52.8 Å². The second kappa shape index (κ2) is 5.44. The van der Waals surface area contributed by atoms with Gasteiger partial charge in [0.25, 0.3) is 0 Å². The smallest absolute Gasteiger partial charge is 0.340 e. The number of benzene rings is 2. The average molecular weight is 288 g/mol. The Bertz CT molecular complexity index is 693. The number of anilines is 3. The number of carboxylic acid groups (broad SMARTS) is 1. The number of carbonyl (C=O) groups is 1. The molecule has 0 amide bonds. The maximum absolute atomic E-state index is 13.5. The highest BCUT2D eigenvalue weighted by Crippen LogP contribution is 2.32. The molecule has 0 fully saturated rings. The second-order valence-corrected chi connectivity index (χ2v) is 5.07. The van der Waals surface area contributed by atoms with Gasteiger partial charge in [-0.1, -0.05) is 6.07 Å². The monoisotopic (exact) mass is 288 g/mol. The predicted molar refractivity (Wildman–Crippen MR) is 81.8 cm³/mol. The molecule has 0 aliphatic rings. The van der Waals surface area contributed by atoms with E-state index < -0.39 is 11.8 Å². The Kier molecular flexibility index (Phi) is 3.84. The van der Waals surface area contributed by atoms with Crippen LogP contribution in [0, 0.1) is 19.7 Å². The molecular formula is C16H17FN2O2. The van der Waals surface area contributed by atoms with Gasteiger partial charge in [0.15, 0.2) is 0 Å². The molecule has 0 saturated carbocycles. The molecule has 5 heteroatoms. The van der Waals surface area contributed by atoms with Gasteiger partial charge in [0.1, 0.15) is 11.4 Å². The molecule has 0 heterocycles. The standard InChI is InChI=1S/C16H17FN2O2/c1-9-6-10(2)8-11(7-9)19(3)13-5-4-12(17)15(18)14(13)16(20)21/h4-8H,18H2,1-3H3,(H,20,21). The first kappa shape index (κ1) is 14.8. The minimum atomic E-state index is -1.25. The summed E-state index contributed by atoms with van der Waals surface area (Å²) in [7, 11) is 1.73. The maximum Gasteiger partial charge on any atom is 0.340 e. The van der Waals surface area contributed by atoms with Gasteiger partial charge in [-0.3, -0.25) is 0 Å². The molecule has 2 aromatic carbocycles. The van der Waals surface area contributed by atoms with Crippen molar-refractivity contribution in [3.63, 3.8) is 0 Å². The molecule has 0 aliphatic heterocycles. The first-order valence-corrected chi connectivity index (χ1v) is 6.44. The SMILES string of the molecule is Cc1cc(C)cc(N(C)c2ccc(F)c(N)c2C(=O)O)c1. The van der Waals surface area contributed by atoms with E-state index >= 15 is 0 Å². The largest absolute Gasteiger partial charge is 0.478 e. The van der Waals surface area contributed by atoms with E-state index in [4.69, 9.17) is 5.73 Å². The summed E-state index contributed by atoms with van der Waals surface area (Å²) in [6, 6.07) is 8.48. The fourth-order valence-electron chi connectivity index (χ4n) is 2.37. The lowest BCUT2D eigenvalue weighted by molar-refractivity contribution is 0.0698. The number of rotatable bonds is 3. The number of aromatic carboxylic acids is 1. The van der Waals surface area contributed by atoms with Crippen LogP contribution >= 0.6 is 0 Å². The molecule has 0 unspecified atom stereocenters. The van der Waals surface area contributed by atoms with Crippen LogP contribution in [0.3, 0.4) is 0 Å². The van der Waals surface area contributed by atoms with Crippen molar-refractivity contribution in [1.29, 1.82) is 0 Å². The third-order valence-corrected chi connectivity index (χ3v) is 3.34. The summed E-state index contributed by atoms with van der Waals surface area (Å²) in [6.07, 6.45) is 0. The number of nitrogens with zero attached hydrogens (tertiary/aromatic N) is 1. The van der Waals surface area contributed by atoms with E-state index in [-0.39, 0.29) is 11.3 Å². The van der Waals surface area contributed by atoms with Crippen LogP contribution in [0.25, 0.3) is 0 Å². The number of hydrogen-bond acceptors (Lipinski definition) is 3. The van der Waals surface area contributed by atoms with Gasteiger partial charge in [-0.2, -0.15) is 0 Å². The molecule has 2 rings (SSSR count). The van der Waals surface area contributed by atoms with Crippen LogP contribution in [0.2, 0.25) is 0 Å². The Morgan fingerprint density at radius 1 is 1.19 bits per heavy atom. The zero-order chi connectivity index (χ0) is 15.7. The van der Waals surface area contributed by atoms with Gasteiger partial charge >= 0.3 is 5.97 Å². The first-order chi connectivity index (χ1) is 9.81. The number of carboxylic acids is 1. The van der Waals surface area contributed by atoms with Crippen LogP contribution in [0.1, 0.15) is 21.5 Å². The summed E-state index contributed by atoms with van der Waals surface area (Å²) in [6.45, 7) is 3.92. The Balaban J connectivity index is 2.60. The van der Waals surface area contributed by atoms with Crippen molar-refractivity contribution in [3.8, 4) is 0 Å². The van der Waals surface area contributed by atoms with Gasteiger partial charge in [-0.05, 0) is 49.2 Å².